The third-order valence-corrected chi connectivity index (χ3v) is 1.63. The molecule has 1 aliphatic heterocycles. The van der Waals surface area contributed by atoms with Crippen LogP contribution >= 0.6 is 0 Å². The maximum atomic E-state index is 10.4. The summed E-state index contributed by atoms with van der Waals surface area (Å²) in [6.07, 6.45) is 0. The van der Waals surface area contributed by atoms with Crippen molar-refractivity contribution in [1.82, 2.24) is 5.32 Å². The lowest BCUT2D eigenvalue weighted by Crippen LogP contribution is -2.52. The Labute approximate surface area is 65.1 Å². The molecule has 1 atom stereocenters. The lowest BCUT2D eigenvalue weighted by Gasteiger charge is -2.27. The fourth-order valence-corrected chi connectivity index (χ4v) is 0.748. The van der Waals surface area contributed by atoms with E-state index in [1.54, 1.807) is 0 Å². The molecule has 0 aromatic rings. The zero-order valence-corrected chi connectivity index (χ0v) is 6.25. The first-order valence-corrected chi connectivity index (χ1v) is 3.56. The average Bonchev–Trinajstić information content (AvgIpc) is 1.83. The molecule has 1 rings (SSSR count). The minimum atomic E-state index is -0.587. The molecule has 5 N–H and O–H groups in total. The zero-order valence-electron chi connectivity index (χ0n) is 6.25. The number of carbonyl (C=O) groups is 1. The number of amides is 1. The lowest BCUT2D eigenvalue weighted by molar-refractivity contribution is -0.119. The number of primary amides is 1. The Bertz CT molecular complexity index is 147. The van der Waals surface area contributed by atoms with Gasteiger partial charge in [0, 0.05) is 6.54 Å². The molecule has 1 unspecified atom stereocenters. The van der Waals surface area contributed by atoms with Gasteiger partial charge in [0.25, 0.3) is 0 Å². The molecule has 5 heteroatoms. The van der Waals surface area contributed by atoms with Crippen LogP contribution in [0, 0.1) is 0 Å². The van der Waals surface area contributed by atoms with Gasteiger partial charge in [-0.25, -0.2) is 0 Å². The van der Waals surface area contributed by atoms with Gasteiger partial charge in [0.1, 0.15) is 0 Å². The Kier molecular flexibility index (Phi) is 2.81. The molecule has 1 aliphatic rings. The highest BCUT2D eigenvalue weighted by Crippen LogP contribution is 1.98. The molecule has 64 valence electrons. The molecular weight excluding hydrogens is 146 g/mol. The highest BCUT2D eigenvalue weighted by molar-refractivity contribution is 5.79. The van der Waals surface area contributed by atoms with Crippen LogP contribution < -0.4 is 16.8 Å². The first-order valence-electron chi connectivity index (χ1n) is 3.56. The van der Waals surface area contributed by atoms with Crippen LogP contribution in [-0.4, -0.2) is 37.7 Å². The van der Waals surface area contributed by atoms with Crippen molar-refractivity contribution in [2.75, 3.05) is 19.8 Å². The molecule has 0 aromatic carbocycles. The Morgan fingerprint density at radius 3 is 2.73 bits per heavy atom. The standard InChI is InChI=1S/C6H13N3O2/c7-5(6(8)10)1-9-4-2-11-3-4/h4-5,9H,1-3,7H2,(H2,8,10). The average molecular weight is 159 g/mol. The molecule has 1 heterocycles. The van der Waals surface area contributed by atoms with E-state index in [4.69, 9.17) is 16.2 Å². The van der Waals surface area contributed by atoms with Crippen molar-refractivity contribution in [2.45, 2.75) is 12.1 Å². The fraction of sp³-hybridized carbons (Fsp3) is 0.833. The molecule has 0 radical (unpaired) electrons. The number of rotatable bonds is 4. The Hall–Kier alpha value is -0.650. The van der Waals surface area contributed by atoms with Gasteiger partial charge in [0.2, 0.25) is 5.91 Å². The van der Waals surface area contributed by atoms with Crippen molar-refractivity contribution < 1.29 is 9.53 Å². The molecule has 11 heavy (non-hydrogen) atoms. The number of hydrogen-bond acceptors (Lipinski definition) is 4. The summed E-state index contributed by atoms with van der Waals surface area (Å²) in [5, 5.41) is 3.05. The van der Waals surface area contributed by atoms with E-state index < -0.39 is 11.9 Å². The predicted molar refractivity (Wildman–Crippen MR) is 39.8 cm³/mol. The summed E-state index contributed by atoms with van der Waals surface area (Å²) >= 11 is 0. The SMILES string of the molecule is NC(=O)C(N)CNC1COC1. The first-order chi connectivity index (χ1) is 5.20. The number of nitrogens with one attached hydrogen (secondary N) is 1. The summed E-state index contributed by atoms with van der Waals surface area (Å²) in [4.78, 5) is 10.4. The Morgan fingerprint density at radius 2 is 2.36 bits per heavy atom. The van der Waals surface area contributed by atoms with E-state index >= 15 is 0 Å². The van der Waals surface area contributed by atoms with Gasteiger partial charge in [-0.2, -0.15) is 0 Å². The Balaban J connectivity index is 2.05. The number of hydrogen-bond donors (Lipinski definition) is 3. The summed E-state index contributed by atoms with van der Waals surface area (Å²) in [7, 11) is 0. The second-order valence-corrected chi connectivity index (χ2v) is 2.65. The van der Waals surface area contributed by atoms with Crippen molar-refractivity contribution in [1.29, 1.82) is 0 Å². The van der Waals surface area contributed by atoms with Crippen LogP contribution in [0.25, 0.3) is 0 Å². The normalized spacial score (nSPS) is 20.8. The van der Waals surface area contributed by atoms with Crippen LogP contribution in [0.4, 0.5) is 0 Å². The fourth-order valence-electron chi connectivity index (χ4n) is 0.748. The van der Waals surface area contributed by atoms with Crippen LogP contribution in [-0.2, 0) is 9.53 Å². The highest BCUT2D eigenvalue weighted by atomic mass is 16.5. The topological polar surface area (TPSA) is 90.4 Å². The van der Waals surface area contributed by atoms with Crippen LogP contribution in [0.2, 0.25) is 0 Å². The van der Waals surface area contributed by atoms with Crippen LogP contribution in [0.1, 0.15) is 0 Å². The van der Waals surface area contributed by atoms with E-state index in [9.17, 15) is 4.79 Å². The van der Waals surface area contributed by atoms with Crippen molar-refractivity contribution >= 4 is 5.91 Å². The van der Waals surface area contributed by atoms with E-state index in [-0.39, 0.29) is 0 Å². The van der Waals surface area contributed by atoms with Crippen molar-refractivity contribution in [3.8, 4) is 0 Å². The first kappa shape index (κ1) is 8.45. The van der Waals surface area contributed by atoms with E-state index in [1.807, 2.05) is 0 Å². The molecule has 1 saturated heterocycles. The zero-order chi connectivity index (χ0) is 8.27. The van der Waals surface area contributed by atoms with E-state index in [2.05, 4.69) is 5.32 Å². The van der Waals surface area contributed by atoms with Gasteiger partial charge >= 0.3 is 0 Å². The van der Waals surface area contributed by atoms with Gasteiger partial charge in [0.15, 0.2) is 0 Å². The van der Waals surface area contributed by atoms with E-state index in [1.165, 1.54) is 0 Å². The second kappa shape index (κ2) is 3.66. The third-order valence-electron chi connectivity index (χ3n) is 1.63. The minimum Gasteiger partial charge on any atom is -0.378 e. The Morgan fingerprint density at radius 1 is 1.73 bits per heavy atom. The molecule has 0 spiro atoms. The number of carbonyl (C=O) groups excluding carboxylic acids is 1. The minimum absolute atomic E-state index is 0.348. The van der Waals surface area contributed by atoms with Gasteiger partial charge in [-0.3, -0.25) is 4.79 Å². The summed E-state index contributed by atoms with van der Waals surface area (Å²) in [5.41, 5.74) is 10.3. The van der Waals surface area contributed by atoms with Gasteiger partial charge < -0.3 is 21.5 Å². The molecule has 5 nitrogen and oxygen atoms in total. The van der Waals surface area contributed by atoms with Crippen LogP contribution in [0.5, 0.6) is 0 Å². The predicted octanol–water partition coefficient (Wildman–Crippen LogP) is -2.21. The molecule has 0 bridgehead atoms. The molecule has 0 aliphatic carbocycles. The van der Waals surface area contributed by atoms with Gasteiger partial charge in [0.05, 0.1) is 25.3 Å². The summed E-state index contributed by atoms with van der Waals surface area (Å²) < 4.78 is 4.91. The molecular formula is C6H13N3O2. The molecule has 0 aromatic heterocycles. The molecule has 1 fully saturated rings. The maximum absolute atomic E-state index is 10.4. The summed E-state index contributed by atoms with van der Waals surface area (Å²) in [5.74, 6) is -0.474. The second-order valence-electron chi connectivity index (χ2n) is 2.65. The smallest absolute Gasteiger partial charge is 0.235 e. The van der Waals surface area contributed by atoms with Gasteiger partial charge in [-0.05, 0) is 0 Å². The van der Waals surface area contributed by atoms with Gasteiger partial charge in [-0.1, -0.05) is 0 Å². The van der Waals surface area contributed by atoms with Crippen molar-refractivity contribution in [2.24, 2.45) is 11.5 Å². The van der Waals surface area contributed by atoms with Gasteiger partial charge in [-0.15, -0.1) is 0 Å². The highest BCUT2D eigenvalue weighted by Gasteiger charge is 2.19. The summed E-state index contributed by atoms with van der Waals surface area (Å²) in [6, 6.07) is -0.240. The van der Waals surface area contributed by atoms with Crippen molar-refractivity contribution in [3.63, 3.8) is 0 Å². The largest absolute Gasteiger partial charge is 0.378 e. The lowest BCUT2D eigenvalue weighted by atomic mass is 10.2. The van der Waals surface area contributed by atoms with E-state index in [0.717, 1.165) is 0 Å². The summed E-state index contributed by atoms with van der Waals surface area (Å²) in [6.45, 7) is 1.83. The third kappa shape index (κ3) is 2.45. The number of nitrogens with two attached hydrogens (primary N) is 2. The monoisotopic (exact) mass is 159 g/mol. The molecule has 0 saturated carbocycles. The van der Waals surface area contributed by atoms with E-state index in [0.29, 0.717) is 25.8 Å². The quantitative estimate of drug-likeness (QED) is 0.433. The maximum Gasteiger partial charge on any atom is 0.235 e. The van der Waals surface area contributed by atoms with Crippen LogP contribution in [0.3, 0.4) is 0 Å². The number of ether oxygens (including phenoxy) is 1. The molecule has 1 amide bonds. The van der Waals surface area contributed by atoms with Crippen LogP contribution in [0.15, 0.2) is 0 Å². The van der Waals surface area contributed by atoms with Crippen molar-refractivity contribution in [3.05, 3.63) is 0 Å².